The molecular weight excluding hydrogens is 274 g/mol. The van der Waals surface area contributed by atoms with Gasteiger partial charge in [-0.25, -0.2) is 15.0 Å². The van der Waals surface area contributed by atoms with Crippen molar-refractivity contribution in [3.05, 3.63) is 30.4 Å². The molecule has 1 amide bonds. The summed E-state index contributed by atoms with van der Waals surface area (Å²) in [5.74, 6) is 0.447. The molecule has 0 fully saturated rings. The van der Waals surface area contributed by atoms with Crippen molar-refractivity contribution in [2.45, 2.75) is 19.0 Å². The van der Waals surface area contributed by atoms with Gasteiger partial charge in [-0.05, 0) is 26.2 Å². The third-order valence-corrected chi connectivity index (χ3v) is 3.55. The maximum absolute atomic E-state index is 12.3. The molecule has 106 valence electrons. The minimum atomic E-state index is -0.0695. The molecule has 0 aliphatic rings. The van der Waals surface area contributed by atoms with Gasteiger partial charge in [0.05, 0.1) is 0 Å². The number of rotatable bonds is 5. The second-order valence-corrected chi connectivity index (χ2v) is 4.78. The number of thioether (sulfide) groups is 1. The lowest BCUT2D eigenvalue weighted by molar-refractivity contribution is 0.0767. The van der Waals surface area contributed by atoms with E-state index in [1.807, 2.05) is 20.1 Å². The van der Waals surface area contributed by atoms with Crippen molar-refractivity contribution in [2.24, 2.45) is 0 Å². The molecule has 0 aliphatic heterocycles. The number of carbonyl (C=O) groups excluding carboxylic acids is 1. The van der Waals surface area contributed by atoms with E-state index in [1.165, 1.54) is 11.8 Å². The summed E-state index contributed by atoms with van der Waals surface area (Å²) in [7, 11) is 0. The molecule has 2 aromatic rings. The Labute approximate surface area is 122 Å². The normalized spacial score (nSPS) is 10.6. The molecule has 0 unspecified atom stereocenters. The number of amides is 1. The summed E-state index contributed by atoms with van der Waals surface area (Å²) < 4.78 is 1.74. The fraction of sp³-hybridized carbons (Fsp3) is 0.385. The molecule has 0 aromatic carbocycles. The van der Waals surface area contributed by atoms with Crippen LogP contribution in [0.3, 0.4) is 0 Å². The summed E-state index contributed by atoms with van der Waals surface area (Å²) in [4.78, 5) is 26.8. The Morgan fingerprint density at radius 2 is 1.95 bits per heavy atom. The molecule has 0 saturated carbocycles. The van der Waals surface area contributed by atoms with Crippen molar-refractivity contribution in [3.63, 3.8) is 0 Å². The van der Waals surface area contributed by atoms with Crippen molar-refractivity contribution in [3.8, 4) is 5.95 Å². The predicted molar refractivity (Wildman–Crippen MR) is 78.2 cm³/mol. The van der Waals surface area contributed by atoms with Crippen molar-refractivity contribution in [2.75, 3.05) is 19.3 Å². The molecule has 0 atom stereocenters. The summed E-state index contributed by atoms with van der Waals surface area (Å²) in [5, 5.41) is 0.701. The predicted octanol–water partition coefficient (Wildman–Crippen LogP) is 1.87. The van der Waals surface area contributed by atoms with E-state index in [-0.39, 0.29) is 5.91 Å². The van der Waals surface area contributed by atoms with Crippen LogP contribution in [-0.4, -0.2) is 49.7 Å². The fourth-order valence-electron chi connectivity index (χ4n) is 1.84. The molecule has 0 radical (unpaired) electrons. The van der Waals surface area contributed by atoms with E-state index in [4.69, 9.17) is 0 Å². The molecule has 6 nitrogen and oxygen atoms in total. The second kappa shape index (κ2) is 6.51. The number of carbonyl (C=O) groups is 1. The van der Waals surface area contributed by atoms with Crippen LogP contribution in [0.1, 0.15) is 24.3 Å². The Bertz CT molecular complexity index is 580. The average molecular weight is 291 g/mol. The van der Waals surface area contributed by atoms with Gasteiger partial charge < -0.3 is 4.90 Å². The van der Waals surface area contributed by atoms with E-state index in [0.717, 1.165) is 0 Å². The van der Waals surface area contributed by atoms with Gasteiger partial charge in [0.25, 0.3) is 5.91 Å². The van der Waals surface area contributed by atoms with E-state index < -0.39 is 0 Å². The van der Waals surface area contributed by atoms with Gasteiger partial charge in [-0.2, -0.15) is 0 Å². The van der Waals surface area contributed by atoms with E-state index >= 15 is 0 Å². The zero-order valence-electron chi connectivity index (χ0n) is 11.8. The molecule has 0 saturated heterocycles. The van der Waals surface area contributed by atoms with Gasteiger partial charge in [-0.15, -0.1) is 0 Å². The third-order valence-electron chi connectivity index (χ3n) is 2.89. The topological polar surface area (TPSA) is 63.9 Å². The maximum atomic E-state index is 12.3. The summed E-state index contributed by atoms with van der Waals surface area (Å²) in [5.41, 5.74) is 0.422. The molecule has 2 heterocycles. The molecule has 0 spiro atoms. The van der Waals surface area contributed by atoms with Gasteiger partial charge in [0.1, 0.15) is 5.69 Å². The number of nitrogens with zero attached hydrogens (tertiary/aromatic N) is 5. The highest BCUT2D eigenvalue weighted by Crippen LogP contribution is 2.18. The van der Waals surface area contributed by atoms with Crippen molar-refractivity contribution in [1.29, 1.82) is 0 Å². The molecule has 2 aromatic heterocycles. The minimum Gasteiger partial charge on any atom is -0.338 e. The fourth-order valence-corrected chi connectivity index (χ4v) is 2.36. The molecule has 2 rings (SSSR count). The van der Waals surface area contributed by atoms with Gasteiger partial charge >= 0.3 is 0 Å². The first-order valence-corrected chi connectivity index (χ1v) is 7.63. The lowest BCUT2D eigenvalue weighted by Crippen LogP contribution is -2.30. The Hall–Kier alpha value is -1.89. The lowest BCUT2D eigenvalue weighted by Gasteiger charge is -2.16. The summed E-state index contributed by atoms with van der Waals surface area (Å²) in [6.07, 6.45) is 6.94. The van der Waals surface area contributed by atoms with Gasteiger partial charge in [0.2, 0.25) is 5.95 Å². The first kappa shape index (κ1) is 14.5. The van der Waals surface area contributed by atoms with Crippen molar-refractivity contribution in [1.82, 2.24) is 24.4 Å². The second-order valence-electron chi connectivity index (χ2n) is 4.01. The number of aromatic nitrogens is 4. The number of hydrogen-bond donors (Lipinski definition) is 0. The summed E-state index contributed by atoms with van der Waals surface area (Å²) in [6.45, 7) is 5.24. The largest absolute Gasteiger partial charge is 0.338 e. The van der Waals surface area contributed by atoms with E-state index in [2.05, 4.69) is 15.0 Å². The average Bonchev–Trinajstić information content (AvgIpc) is 2.93. The van der Waals surface area contributed by atoms with Crippen LogP contribution in [0.15, 0.2) is 29.8 Å². The smallest absolute Gasteiger partial charge is 0.274 e. The quantitative estimate of drug-likeness (QED) is 0.787. The highest BCUT2D eigenvalue weighted by molar-refractivity contribution is 7.98. The van der Waals surface area contributed by atoms with Crippen LogP contribution in [0.25, 0.3) is 5.95 Å². The third kappa shape index (κ3) is 2.82. The first-order chi connectivity index (χ1) is 9.71. The van der Waals surface area contributed by atoms with Gasteiger partial charge in [0, 0.05) is 31.7 Å². The number of imidazole rings is 1. The lowest BCUT2D eigenvalue weighted by atomic mass is 10.4. The van der Waals surface area contributed by atoms with Crippen LogP contribution in [0.2, 0.25) is 0 Å². The van der Waals surface area contributed by atoms with Crippen LogP contribution in [0.4, 0.5) is 0 Å². The standard InChI is InChI=1S/C13H17N5OS/c1-4-17(5-2)11(19)10-9-18(13(16-10)20-3)12-14-7-6-8-15-12/h6-9H,4-5H2,1-3H3. The van der Waals surface area contributed by atoms with Crippen LogP contribution in [0.5, 0.6) is 0 Å². The Balaban J connectivity index is 2.39. The zero-order valence-corrected chi connectivity index (χ0v) is 12.6. The van der Waals surface area contributed by atoms with Crippen LogP contribution in [-0.2, 0) is 0 Å². The highest BCUT2D eigenvalue weighted by atomic mass is 32.2. The van der Waals surface area contributed by atoms with Gasteiger partial charge in [0.15, 0.2) is 5.16 Å². The molecule has 0 bridgehead atoms. The van der Waals surface area contributed by atoms with Crippen molar-refractivity contribution >= 4 is 17.7 Å². The molecule has 0 N–H and O–H groups in total. The van der Waals surface area contributed by atoms with Crippen LogP contribution < -0.4 is 0 Å². The van der Waals surface area contributed by atoms with E-state index in [0.29, 0.717) is 29.9 Å². The zero-order chi connectivity index (χ0) is 14.5. The Morgan fingerprint density at radius 3 is 2.50 bits per heavy atom. The molecule has 7 heteroatoms. The van der Waals surface area contributed by atoms with E-state index in [9.17, 15) is 4.79 Å². The van der Waals surface area contributed by atoms with E-state index in [1.54, 1.807) is 34.1 Å². The van der Waals surface area contributed by atoms with Gasteiger partial charge in [-0.3, -0.25) is 9.36 Å². The molecular formula is C13H17N5OS. The molecule has 0 aliphatic carbocycles. The SMILES string of the molecule is CCN(CC)C(=O)c1cn(-c2ncccn2)c(SC)n1. The Morgan fingerprint density at radius 1 is 1.30 bits per heavy atom. The minimum absolute atomic E-state index is 0.0695. The Kier molecular flexibility index (Phi) is 4.73. The first-order valence-electron chi connectivity index (χ1n) is 6.41. The summed E-state index contributed by atoms with van der Waals surface area (Å²) >= 11 is 1.46. The van der Waals surface area contributed by atoms with Crippen LogP contribution >= 0.6 is 11.8 Å². The van der Waals surface area contributed by atoms with Gasteiger partial charge in [-0.1, -0.05) is 11.8 Å². The monoisotopic (exact) mass is 291 g/mol. The summed E-state index contributed by atoms with van der Waals surface area (Å²) in [6, 6.07) is 1.75. The van der Waals surface area contributed by atoms with Crippen LogP contribution in [0, 0.1) is 0 Å². The highest BCUT2D eigenvalue weighted by Gasteiger charge is 2.19. The maximum Gasteiger partial charge on any atom is 0.274 e. The molecule has 20 heavy (non-hydrogen) atoms. The van der Waals surface area contributed by atoms with Crippen molar-refractivity contribution < 1.29 is 4.79 Å². The number of hydrogen-bond acceptors (Lipinski definition) is 5.